The summed E-state index contributed by atoms with van der Waals surface area (Å²) in [6.45, 7) is 8.38. The third-order valence-electron chi connectivity index (χ3n) is 4.90. The molecule has 2 aromatic rings. The molecule has 0 spiro atoms. The molecule has 1 fully saturated rings. The molecule has 6 nitrogen and oxygen atoms in total. The van der Waals surface area contributed by atoms with Crippen molar-refractivity contribution in [3.63, 3.8) is 0 Å². The minimum Gasteiger partial charge on any atom is -0.376 e. The maximum absolute atomic E-state index is 12.7. The first-order valence-corrected chi connectivity index (χ1v) is 9.67. The first-order chi connectivity index (χ1) is 12.0. The number of carbonyl (C=O) groups is 1. The zero-order valence-electron chi connectivity index (χ0n) is 15.1. The number of likely N-dealkylation sites (N-methyl/N-ethyl adjacent to an activating group) is 1. The van der Waals surface area contributed by atoms with Crippen molar-refractivity contribution in [1.29, 1.82) is 0 Å². The third-order valence-corrected chi connectivity index (χ3v) is 6.02. The molecule has 2 aromatic heterocycles. The van der Waals surface area contributed by atoms with Crippen LogP contribution in [0.15, 0.2) is 11.1 Å². The van der Waals surface area contributed by atoms with Crippen molar-refractivity contribution in [2.45, 2.75) is 52.7 Å². The normalized spacial score (nSPS) is 17.3. The predicted octanol–water partition coefficient (Wildman–Crippen LogP) is 2.49. The first kappa shape index (κ1) is 18.1. The van der Waals surface area contributed by atoms with Crippen LogP contribution in [0.3, 0.4) is 0 Å². The second kappa shape index (κ2) is 7.66. The maximum Gasteiger partial charge on any atom is 0.262 e. The van der Waals surface area contributed by atoms with Crippen molar-refractivity contribution in [2.24, 2.45) is 0 Å². The summed E-state index contributed by atoms with van der Waals surface area (Å²) >= 11 is 1.54. The number of nitrogens with zero attached hydrogens (tertiary/aromatic N) is 3. The van der Waals surface area contributed by atoms with Crippen molar-refractivity contribution >= 4 is 27.5 Å². The smallest absolute Gasteiger partial charge is 0.262 e. The van der Waals surface area contributed by atoms with Crippen molar-refractivity contribution in [1.82, 2.24) is 14.5 Å². The standard InChI is InChI=1S/C18H25N3O3S/c1-4-20(10-14-6-5-9-24-14)15(22)7-8-21-11-19-17-16(18(21)23)12(2)13(3)25-17/h11,14H,4-10H2,1-3H3. The quantitative estimate of drug-likeness (QED) is 0.791. The summed E-state index contributed by atoms with van der Waals surface area (Å²) in [4.78, 5) is 33.3. The number of carbonyl (C=O) groups excluding carboxylic acids is 1. The summed E-state index contributed by atoms with van der Waals surface area (Å²) < 4.78 is 7.18. The van der Waals surface area contributed by atoms with E-state index in [9.17, 15) is 9.59 Å². The number of aryl methyl sites for hydroxylation is 3. The van der Waals surface area contributed by atoms with Crippen LogP contribution in [0.1, 0.15) is 36.6 Å². The van der Waals surface area contributed by atoms with Gasteiger partial charge in [0.15, 0.2) is 0 Å². The Kier molecular flexibility index (Phi) is 5.54. The number of hydrogen-bond acceptors (Lipinski definition) is 5. The number of thiophene rings is 1. The Morgan fingerprint density at radius 2 is 2.28 bits per heavy atom. The molecule has 1 aliphatic heterocycles. The van der Waals surface area contributed by atoms with Gasteiger partial charge in [-0.3, -0.25) is 14.2 Å². The van der Waals surface area contributed by atoms with Crippen LogP contribution in [-0.2, 0) is 16.1 Å². The lowest BCUT2D eigenvalue weighted by atomic mass is 10.2. The zero-order valence-corrected chi connectivity index (χ0v) is 15.9. The summed E-state index contributed by atoms with van der Waals surface area (Å²) in [5.41, 5.74) is 0.938. The van der Waals surface area contributed by atoms with Crippen LogP contribution in [0.5, 0.6) is 0 Å². The van der Waals surface area contributed by atoms with E-state index in [1.54, 1.807) is 10.9 Å². The van der Waals surface area contributed by atoms with Crippen molar-refractivity contribution in [3.8, 4) is 0 Å². The average molecular weight is 363 g/mol. The fourth-order valence-corrected chi connectivity index (χ4v) is 4.23. The van der Waals surface area contributed by atoms with E-state index in [4.69, 9.17) is 4.74 Å². The average Bonchev–Trinajstić information content (AvgIpc) is 3.20. The molecule has 0 aliphatic carbocycles. The van der Waals surface area contributed by atoms with Gasteiger partial charge >= 0.3 is 0 Å². The summed E-state index contributed by atoms with van der Waals surface area (Å²) in [5, 5.41) is 0.684. The lowest BCUT2D eigenvalue weighted by Crippen LogP contribution is -2.38. The summed E-state index contributed by atoms with van der Waals surface area (Å²) in [5.74, 6) is 0.0585. The van der Waals surface area contributed by atoms with Crippen molar-refractivity contribution in [2.75, 3.05) is 19.7 Å². The fraction of sp³-hybridized carbons (Fsp3) is 0.611. The van der Waals surface area contributed by atoms with Gasteiger partial charge in [-0.05, 0) is 39.2 Å². The summed E-state index contributed by atoms with van der Waals surface area (Å²) in [6.07, 6.45) is 4.10. The van der Waals surface area contributed by atoms with Crippen LogP contribution < -0.4 is 5.56 Å². The Bertz CT molecular complexity index is 821. The van der Waals surface area contributed by atoms with E-state index in [1.165, 1.54) is 11.3 Å². The Labute approximate surface area is 151 Å². The molecule has 1 atom stereocenters. The first-order valence-electron chi connectivity index (χ1n) is 8.85. The van der Waals surface area contributed by atoms with E-state index in [0.717, 1.165) is 34.7 Å². The number of ether oxygens (including phenoxy) is 1. The highest BCUT2D eigenvalue weighted by molar-refractivity contribution is 7.18. The number of hydrogen-bond donors (Lipinski definition) is 0. The molecule has 0 N–H and O–H groups in total. The Morgan fingerprint density at radius 3 is 2.96 bits per heavy atom. The van der Waals surface area contributed by atoms with Gasteiger partial charge in [-0.2, -0.15) is 0 Å². The molecule has 0 saturated carbocycles. The van der Waals surface area contributed by atoms with E-state index in [0.29, 0.717) is 31.4 Å². The minimum atomic E-state index is -0.0539. The van der Waals surface area contributed by atoms with E-state index in [1.807, 2.05) is 25.7 Å². The molecule has 7 heteroatoms. The molecule has 0 bridgehead atoms. The van der Waals surface area contributed by atoms with Crippen LogP contribution in [0.2, 0.25) is 0 Å². The second-order valence-corrected chi connectivity index (χ2v) is 7.73. The molecule has 0 radical (unpaired) electrons. The number of aromatic nitrogens is 2. The van der Waals surface area contributed by atoms with Gasteiger partial charge in [0.05, 0.1) is 17.8 Å². The molecule has 3 heterocycles. The molecule has 1 amide bonds. The molecule has 1 aliphatic rings. The van der Waals surface area contributed by atoms with Gasteiger partial charge in [-0.15, -0.1) is 11.3 Å². The Hall–Kier alpha value is -1.73. The van der Waals surface area contributed by atoms with E-state index in [2.05, 4.69) is 4.98 Å². The fourth-order valence-electron chi connectivity index (χ4n) is 3.24. The Morgan fingerprint density at radius 1 is 1.48 bits per heavy atom. The highest BCUT2D eigenvalue weighted by Gasteiger charge is 2.21. The highest BCUT2D eigenvalue weighted by atomic mass is 32.1. The molecule has 1 saturated heterocycles. The van der Waals surface area contributed by atoms with Gasteiger partial charge in [-0.25, -0.2) is 4.98 Å². The topological polar surface area (TPSA) is 64.4 Å². The monoisotopic (exact) mass is 363 g/mol. The van der Waals surface area contributed by atoms with Gasteiger partial charge in [0, 0.05) is 37.5 Å². The lowest BCUT2D eigenvalue weighted by molar-refractivity contribution is -0.132. The third kappa shape index (κ3) is 3.77. The largest absolute Gasteiger partial charge is 0.376 e. The van der Waals surface area contributed by atoms with Crippen LogP contribution in [0.4, 0.5) is 0 Å². The lowest BCUT2D eigenvalue weighted by Gasteiger charge is -2.24. The maximum atomic E-state index is 12.7. The van der Waals surface area contributed by atoms with Crippen molar-refractivity contribution < 1.29 is 9.53 Å². The number of rotatable bonds is 6. The second-order valence-electron chi connectivity index (χ2n) is 6.52. The van der Waals surface area contributed by atoms with Gasteiger partial charge in [0.2, 0.25) is 5.91 Å². The molecule has 25 heavy (non-hydrogen) atoms. The molecular weight excluding hydrogens is 338 g/mol. The van der Waals surface area contributed by atoms with Crippen molar-refractivity contribution in [3.05, 3.63) is 27.1 Å². The van der Waals surface area contributed by atoms with Gasteiger partial charge < -0.3 is 9.64 Å². The minimum absolute atomic E-state index is 0.0539. The van der Waals surface area contributed by atoms with Crippen LogP contribution in [-0.4, -0.2) is 46.2 Å². The van der Waals surface area contributed by atoms with E-state index >= 15 is 0 Å². The SMILES string of the molecule is CCN(CC1CCCO1)C(=O)CCn1cnc2sc(C)c(C)c2c1=O. The summed E-state index contributed by atoms with van der Waals surface area (Å²) in [7, 11) is 0. The highest BCUT2D eigenvalue weighted by Crippen LogP contribution is 2.25. The molecule has 3 rings (SSSR count). The van der Waals surface area contributed by atoms with Gasteiger partial charge in [0.1, 0.15) is 4.83 Å². The number of amides is 1. The van der Waals surface area contributed by atoms with Gasteiger partial charge in [0.25, 0.3) is 5.56 Å². The van der Waals surface area contributed by atoms with E-state index < -0.39 is 0 Å². The van der Waals surface area contributed by atoms with E-state index in [-0.39, 0.29) is 17.6 Å². The zero-order chi connectivity index (χ0) is 18.0. The molecule has 1 unspecified atom stereocenters. The molecule has 136 valence electrons. The van der Waals surface area contributed by atoms with Crippen LogP contribution >= 0.6 is 11.3 Å². The summed E-state index contributed by atoms with van der Waals surface area (Å²) in [6, 6.07) is 0. The predicted molar refractivity (Wildman–Crippen MR) is 99.2 cm³/mol. The molecule has 0 aromatic carbocycles. The van der Waals surface area contributed by atoms with Crippen LogP contribution in [0.25, 0.3) is 10.2 Å². The van der Waals surface area contributed by atoms with Crippen LogP contribution in [0, 0.1) is 13.8 Å². The van der Waals surface area contributed by atoms with Gasteiger partial charge in [-0.1, -0.05) is 0 Å². The Balaban J connectivity index is 1.68. The molecular formula is C18H25N3O3S. The number of fused-ring (bicyclic) bond motifs is 1.